The number of likely N-dealkylation sites (tertiary alicyclic amines) is 1. The van der Waals surface area contributed by atoms with Crippen LogP contribution in [0.5, 0.6) is 5.75 Å². The monoisotopic (exact) mass is 405 g/mol. The molecule has 6 heteroatoms. The van der Waals surface area contributed by atoms with Crippen LogP contribution in [0.4, 0.5) is 10.5 Å². The maximum atomic E-state index is 13.0. The molecule has 0 spiro atoms. The van der Waals surface area contributed by atoms with E-state index < -0.39 is 0 Å². The Labute approximate surface area is 176 Å². The second kappa shape index (κ2) is 8.22. The fourth-order valence-corrected chi connectivity index (χ4v) is 4.11. The summed E-state index contributed by atoms with van der Waals surface area (Å²) in [5.41, 5.74) is 2.63. The van der Waals surface area contributed by atoms with Crippen LogP contribution in [0.3, 0.4) is 0 Å². The minimum Gasteiger partial charge on any atom is -0.497 e. The van der Waals surface area contributed by atoms with E-state index in [1.54, 1.807) is 19.1 Å². The standard InChI is InChI=1S/C24H27N3O3/c1-25-13-10-17-4-5-19(16-22(17)25)23(28)18-11-14-27(15-12-18)24(29)26(2)20-6-8-21(30-3)9-7-20/h4-10,13,16,18H,11-12,14-15H2,1-3H3. The molecule has 6 nitrogen and oxygen atoms in total. The van der Waals surface area contributed by atoms with Crippen molar-refractivity contribution in [2.24, 2.45) is 13.0 Å². The Bertz CT molecular complexity index is 1060. The van der Waals surface area contributed by atoms with Gasteiger partial charge in [-0.25, -0.2) is 4.79 Å². The molecule has 0 aliphatic carbocycles. The Morgan fingerprint density at radius 1 is 1.03 bits per heavy atom. The van der Waals surface area contributed by atoms with Gasteiger partial charge < -0.3 is 14.2 Å². The summed E-state index contributed by atoms with van der Waals surface area (Å²) in [7, 11) is 5.38. The van der Waals surface area contributed by atoms with Gasteiger partial charge in [0.25, 0.3) is 0 Å². The third-order valence-corrected chi connectivity index (χ3v) is 6.06. The molecule has 1 aliphatic heterocycles. The van der Waals surface area contributed by atoms with Crippen LogP contribution < -0.4 is 9.64 Å². The first-order valence-electron chi connectivity index (χ1n) is 10.2. The highest BCUT2D eigenvalue weighted by Crippen LogP contribution is 2.26. The SMILES string of the molecule is COc1ccc(N(C)C(=O)N2CCC(C(=O)c3ccc4ccn(C)c4c3)CC2)cc1. The number of hydrogen-bond acceptors (Lipinski definition) is 3. The number of carbonyl (C=O) groups is 2. The Hall–Kier alpha value is -3.28. The second-order valence-electron chi connectivity index (χ2n) is 7.87. The van der Waals surface area contributed by atoms with Gasteiger partial charge >= 0.3 is 6.03 Å². The Morgan fingerprint density at radius 2 is 1.73 bits per heavy atom. The van der Waals surface area contributed by atoms with Gasteiger partial charge in [0.15, 0.2) is 5.78 Å². The largest absolute Gasteiger partial charge is 0.497 e. The van der Waals surface area contributed by atoms with E-state index in [0.717, 1.165) is 27.9 Å². The number of amides is 2. The molecule has 0 unspecified atom stereocenters. The van der Waals surface area contributed by atoms with Crippen molar-refractivity contribution < 1.29 is 14.3 Å². The lowest BCUT2D eigenvalue weighted by Gasteiger charge is -2.34. The lowest BCUT2D eigenvalue weighted by molar-refractivity contribution is 0.0857. The Kier molecular flexibility index (Phi) is 5.48. The number of fused-ring (bicyclic) bond motifs is 1. The summed E-state index contributed by atoms with van der Waals surface area (Å²) < 4.78 is 7.20. The zero-order valence-corrected chi connectivity index (χ0v) is 17.7. The van der Waals surface area contributed by atoms with Gasteiger partial charge in [0.05, 0.1) is 7.11 Å². The number of ether oxygens (including phenoxy) is 1. The van der Waals surface area contributed by atoms with E-state index in [1.165, 1.54) is 0 Å². The number of aryl methyl sites for hydroxylation is 1. The van der Waals surface area contributed by atoms with E-state index in [0.29, 0.717) is 25.9 Å². The maximum Gasteiger partial charge on any atom is 0.324 e. The number of urea groups is 1. The van der Waals surface area contributed by atoms with E-state index in [2.05, 4.69) is 0 Å². The number of Topliss-reactive ketones (excluding diaryl/α,β-unsaturated/α-hetero) is 1. The molecular formula is C24H27N3O3. The van der Waals surface area contributed by atoms with Gasteiger partial charge in [-0.2, -0.15) is 0 Å². The number of methoxy groups -OCH3 is 1. The van der Waals surface area contributed by atoms with Crippen LogP contribution in [-0.2, 0) is 7.05 Å². The molecule has 0 bridgehead atoms. The molecule has 0 radical (unpaired) electrons. The van der Waals surface area contributed by atoms with Crippen molar-refractivity contribution in [2.45, 2.75) is 12.8 Å². The van der Waals surface area contributed by atoms with Crippen molar-refractivity contribution in [3.8, 4) is 5.75 Å². The molecule has 4 rings (SSSR count). The third-order valence-electron chi connectivity index (χ3n) is 6.06. The Morgan fingerprint density at radius 3 is 2.40 bits per heavy atom. The van der Waals surface area contributed by atoms with Crippen LogP contribution in [-0.4, -0.2) is 48.5 Å². The smallest absolute Gasteiger partial charge is 0.324 e. The summed E-state index contributed by atoms with van der Waals surface area (Å²) in [5, 5.41) is 1.14. The van der Waals surface area contributed by atoms with Crippen molar-refractivity contribution in [3.63, 3.8) is 0 Å². The first-order valence-corrected chi connectivity index (χ1v) is 10.2. The summed E-state index contributed by atoms with van der Waals surface area (Å²) in [4.78, 5) is 29.4. The number of piperidine rings is 1. The van der Waals surface area contributed by atoms with Crippen LogP contribution in [0.15, 0.2) is 54.7 Å². The van der Waals surface area contributed by atoms with Crippen LogP contribution >= 0.6 is 0 Å². The number of benzene rings is 2. The minimum absolute atomic E-state index is 0.0435. The van der Waals surface area contributed by atoms with Crippen molar-refractivity contribution in [3.05, 3.63) is 60.3 Å². The van der Waals surface area contributed by atoms with Gasteiger partial charge in [0, 0.05) is 56.1 Å². The van der Waals surface area contributed by atoms with Gasteiger partial charge in [-0.3, -0.25) is 9.69 Å². The molecule has 0 saturated carbocycles. The van der Waals surface area contributed by atoms with Gasteiger partial charge in [-0.1, -0.05) is 12.1 Å². The molecular weight excluding hydrogens is 378 g/mol. The minimum atomic E-state index is -0.0451. The molecule has 3 aromatic rings. The van der Waals surface area contributed by atoms with Gasteiger partial charge in [0.1, 0.15) is 5.75 Å². The fraction of sp³-hybridized carbons (Fsp3) is 0.333. The van der Waals surface area contributed by atoms with Crippen molar-refractivity contribution in [2.75, 3.05) is 32.1 Å². The van der Waals surface area contributed by atoms with Crippen LogP contribution in [0, 0.1) is 5.92 Å². The summed E-state index contributed by atoms with van der Waals surface area (Å²) in [6.07, 6.45) is 3.38. The lowest BCUT2D eigenvalue weighted by atomic mass is 9.88. The molecule has 2 amide bonds. The first kappa shape index (κ1) is 20.0. The predicted octanol–water partition coefficient (Wildman–Crippen LogP) is 4.34. The molecule has 1 aliphatic rings. The summed E-state index contributed by atoms with van der Waals surface area (Å²) in [6.45, 7) is 1.17. The average molecular weight is 405 g/mol. The molecule has 1 aromatic heterocycles. The quantitative estimate of drug-likeness (QED) is 0.607. The fourth-order valence-electron chi connectivity index (χ4n) is 4.11. The Balaban J connectivity index is 1.39. The predicted molar refractivity (Wildman–Crippen MR) is 118 cm³/mol. The van der Waals surface area contributed by atoms with E-state index >= 15 is 0 Å². The molecule has 1 saturated heterocycles. The van der Waals surface area contributed by atoms with Gasteiger partial charge in [-0.15, -0.1) is 0 Å². The number of ketones is 1. The highest BCUT2D eigenvalue weighted by Gasteiger charge is 2.29. The van der Waals surface area contributed by atoms with Crippen LogP contribution in [0.25, 0.3) is 10.9 Å². The topological polar surface area (TPSA) is 54.8 Å². The van der Waals surface area contributed by atoms with E-state index in [1.807, 2.05) is 71.2 Å². The second-order valence-corrected chi connectivity index (χ2v) is 7.87. The molecule has 30 heavy (non-hydrogen) atoms. The first-order chi connectivity index (χ1) is 14.5. The van der Waals surface area contributed by atoms with Crippen molar-refractivity contribution in [1.29, 1.82) is 0 Å². The van der Waals surface area contributed by atoms with E-state index in [-0.39, 0.29) is 17.7 Å². The van der Waals surface area contributed by atoms with Gasteiger partial charge in [0.2, 0.25) is 0 Å². The number of aromatic nitrogens is 1. The number of hydrogen-bond donors (Lipinski definition) is 0. The van der Waals surface area contributed by atoms with E-state index in [9.17, 15) is 9.59 Å². The molecule has 0 atom stereocenters. The highest BCUT2D eigenvalue weighted by atomic mass is 16.5. The molecule has 0 N–H and O–H groups in total. The number of carbonyl (C=O) groups excluding carboxylic acids is 2. The molecule has 2 heterocycles. The van der Waals surface area contributed by atoms with E-state index in [4.69, 9.17) is 4.74 Å². The molecule has 156 valence electrons. The number of anilines is 1. The van der Waals surface area contributed by atoms with Gasteiger partial charge in [-0.05, 0) is 54.6 Å². The summed E-state index contributed by atoms with van der Waals surface area (Å²) >= 11 is 0. The maximum absolute atomic E-state index is 13.0. The summed E-state index contributed by atoms with van der Waals surface area (Å²) in [6, 6.07) is 15.3. The highest BCUT2D eigenvalue weighted by molar-refractivity contribution is 6.01. The average Bonchev–Trinajstić information content (AvgIpc) is 3.18. The zero-order valence-electron chi connectivity index (χ0n) is 17.7. The van der Waals surface area contributed by atoms with Crippen LogP contribution in [0.1, 0.15) is 23.2 Å². The molecule has 1 fully saturated rings. The van der Waals surface area contributed by atoms with Crippen molar-refractivity contribution in [1.82, 2.24) is 9.47 Å². The normalized spacial score (nSPS) is 14.7. The lowest BCUT2D eigenvalue weighted by Crippen LogP contribution is -2.46. The van der Waals surface area contributed by atoms with Crippen LogP contribution in [0.2, 0.25) is 0 Å². The molecule has 2 aromatic carbocycles. The number of rotatable bonds is 4. The number of nitrogens with zero attached hydrogens (tertiary/aromatic N) is 3. The third kappa shape index (κ3) is 3.77. The van der Waals surface area contributed by atoms with Crippen molar-refractivity contribution >= 4 is 28.4 Å². The summed E-state index contributed by atoms with van der Waals surface area (Å²) in [5.74, 6) is 0.888. The zero-order chi connectivity index (χ0) is 21.3.